The molecular weight excluding hydrogens is 454 g/mol. The first-order valence-electron chi connectivity index (χ1n) is 14.2. The summed E-state index contributed by atoms with van der Waals surface area (Å²) in [5.74, 6) is 0. The van der Waals surface area contributed by atoms with Crippen LogP contribution in [0.4, 0.5) is 4.79 Å². The lowest BCUT2D eigenvalue weighted by Crippen LogP contribution is -2.53. The quantitative estimate of drug-likeness (QED) is 0.109. The van der Waals surface area contributed by atoms with Crippen LogP contribution >= 0.6 is 0 Å². The van der Waals surface area contributed by atoms with E-state index in [2.05, 4.69) is 52.2 Å². The van der Waals surface area contributed by atoms with Gasteiger partial charge in [0.15, 0.2) is 8.32 Å². The summed E-state index contributed by atoms with van der Waals surface area (Å²) < 4.78 is 12.0. The molecule has 0 aliphatic carbocycles. The van der Waals surface area contributed by atoms with E-state index in [1.165, 1.54) is 64.2 Å². The molecule has 0 fully saturated rings. The Hall–Kier alpha value is -0.853. The summed E-state index contributed by atoms with van der Waals surface area (Å²) in [6, 6.07) is -0.549. The molecule has 0 aliphatic rings. The minimum atomic E-state index is -2.10. The van der Waals surface area contributed by atoms with Crippen molar-refractivity contribution < 1.29 is 19.1 Å². The average Bonchev–Trinajstić information content (AvgIpc) is 2.72. The van der Waals surface area contributed by atoms with Crippen molar-refractivity contribution in [1.29, 1.82) is 0 Å². The lowest BCUT2D eigenvalue weighted by Gasteiger charge is -2.40. The molecule has 0 radical (unpaired) electrons. The third-order valence-corrected chi connectivity index (χ3v) is 11.3. The Kier molecular flexibility index (Phi) is 17.1. The zero-order valence-corrected chi connectivity index (χ0v) is 25.7. The van der Waals surface area contributed by atoms with E-state index >= 15 is 0 Å². The van der Waals surface area contributed by atoms with E-state index in [0.717, 1.165) is 12.8 Å². The Labute approximate surface area is 219 Å². The SMILES string of the molecule is CCCCCCCCCCCCC/C=C/[C@H](O[Si](C)(C)C(C)(C)C)[C@@H](CO)NC(=O)OC(C)(C)C. The van der Waals surface area contributed by atoms with Crippen LogP contribution in [-0.4, -0.2) is 43.9 Å². The second-order valence-electron chi connectivity index (χ2n) is 12.5. The van der Waals surface area contributed by atoms with Crippen LogP contribution < -0.4 is 5.32 Å². The summed E-state index contributed by atoms with van der Waals surface area (Å²) in [5, 5.41) is 12.9. The largest absolute Gasteiger partial charge is 0.444 e. The molecule has 0 aromatic rings. The number of aliphatic hydroxyl groups is 1. The third kappa shape index (κ3) is 17.3. The molecule has 208 valence electrons. The smallest absolute Gasteiger partial charge is 0.408 e. The highest BCUT2D eigenvalue weighted by Crippen LogP contribution is 2.37. The van der Waals surface area contributed by atoms with Gasteiger partial charge in [-0.3, -0.25) is 0 Å². The molecular formula is C29H59NO4Si. The second-order valence-corrected chi connectivity index (χ2v) is 17.3. The van der Waals surface area contributed by atoms with Gasteiger partial charge in [-0.1, -0.05) is 104 Å². The summed E-state index contributed by atoms with van der Waals surface area (Å²) in [5.41, 5.74) is -0.592. The Balaban J connectivity index is 4.71. The predicted molar refractivity (Wildman–Crippen MR) is 153 cm³/mol. The topological polar surface area (TPSA) is 67.8 Å². The normalized spacial score (nSPS) is 14.8. The molecule has 2 N–H and O–H groups in total. The van der Waals surface area contributed by atoms with Gasteiger partial charge in [0.05, 0.1) is 18.8 Å². The van der Waals surface area contributed by atoms with Gasteiger partial charge in [0, 0.05) is 0 Å². The standard InChI is InChI=1S/C29H59NO4Si/c1-10-11-12-13-14-15-16-17-18-19-20-21-22-23-26(34-35(8,9)29(5,6)7)25(24-31)30-27(32)33-28(2,3)4/h22-23,25-26,31H,10-21,24H2,1-9H3,(H,30,32)/b23-22+/t25-,26+/m1/s1. The lowest BCUT2D eigenvalue weighted by molar-refractivity contribution is 0.0415. The van der Waals surface area contributed by atoms with E-state index in [1.54, 1.807) is 0 Å². The summed E-state index contributed by atoms with van der Waals surface area (Å²) in [6.45, 7) is 18.5. The Morgan fingerprint density at radius 1 is 0.886 bits per heavy atom. The van der Waals surface area contributed by atoms with Gasteiger partial charge < -0.3 is 19.6 Å². The number of rotatable bonds is 18. The van der Waals surface area contributed by atoms with Crippen LogP contribution in [0.2, 0.25) is 18.1 Å². The number of alkyl carbamates (subject to hydrolysis) is 1. The van der Waals surface area contributed by atoms with Crippen molar-refractivity contribution in [1.82, 2.24) is 5.32 Å². The molecule has 1 amide bonds. The van der Waals surface area contributed by atoms with Crippen molar-refractivity contribution in [2.45, 2.75) is 161 Å². The molecule has 0 saturated carbocycles. The van der Waals surface area contributed by atoms with E-state index < -0.39 is 26.1 Å². The molecule has 0 aromatic heterocycles. The fraction of sp³-hybridized carbons (Fsp3) is 0.897. The molecule has 0 heterocycles. The minimum Gasteiger partial charge on any atom is -0.444 e. The molecule has 0 aliphatic heterocycles. The van der Waals surface area contributed by atoms with Crippen LogP contribution in [0.3, 0.4) is 0 Å². The average molecular weight is 514 g/mol. The van der Waals surface area contributed by atoms with Crippen LogP contribution in [0.5, 0.6) is 0 Å². The molecule has 0 bridgehead atoms. The maximum Gasteiger partial charge on any atom is 0.408 e. The van der Waals surface area contributed by atoms with Crippen molar-refractivity contribution in [3.05, 3.63) is 12.2 Å². The van der Waals surface area contributed by atoms with Gasteiger partial charge in [0.2, 0.25) is 0 Å². The molecule has 5 nitrogen and oxygen atoms in total. The number of unbranched alkanes of at least 4 members (excludes halogenated alkanes) is 11. The van der Waals surface area contributed by atoms with Crippen LogP contribution in [0.1, 0.15) is 126 Å². The fourth-order valence-corrected chi connectivity index (χ4v) is 4.90. The first-order chi connectivity index (χ1) is 16.2. The summed E-state index contributed by atoms with van der Waals surface area (Å²) in [7, 11) is -2.10. The Morgan fingerprint density at radius 2 is 1.37 bits per heavy atom. The maximum atomic E-state index is 12.4. The van der Waals surface area contributed by atoms with E-state index in [-0.39, 0.29) is 17.7 Å². The van der Waals surface area contributed by atoms with Crippen molar-refractivity contribution >= 4 is 14.4 Å². The van der Waals surface area contributed by atoms with Crippen molar-refractivity contribution in [3.63, 3.8) is 0 Å². The maximum absolute atomic E-state index is 12.4. The Bertz CT molecular complexity index is 578. The number of amides is 1. The number of hydrogen-bond donors (Lipinski definition) is 2. The van der Waals surface area contributed by atoms with Gasteiger partial charge in [-0.2, -0.15) is 0 Å². The van der Waals surface area contributed by atoms with Gasteiger partial charge in [0.25, 0.3) is 0 Å². The molecule has 0 rings (SSSR count). The highest BCUT2D eigenvalue weighted by molar-refractivity contribution is 6.74. The molecule has 2 atom stereocenters. The summed E-state index contributed by atoms with van der Waals surface area (Å²) in [6.07, 6.45) is 18.9. The molecule has 0 spiro atoms. The van der Waals surface area contributed by atoms with Gasteiger partial charge in [-0.25, -0.2) is 4.79 Å². The van der Waals surface area contributed by atoms with Gasteiger partial charge in [-0.15, -0.1) is 0 Å². The second kappa shape index (κ2) is 17.6. The van der Waals surface area contributed by atoms with Crippen molar-refractivity contribution in [3.8, 4) is 0 Å². The highest BCUT2D eigenvalue weighted by atomic mass is 28.4. The Morgan fingerprint density at radius 3 is 1.80 bits per heavy atom. The predicted octanol–water partition coefficient (Wildman–Crippen LogP) is 8.52. The number of allylic oxidation sites excluding steroid dienone is 1. The van der Waals surface area contributed by atoms with E-state index in [0.29, 0.717) is 0 Å². The molecule has 6 heteroatoms. The number of nitrogens with one attached hydrogen (secondary N) is 1. The van der Waals surface area contributed by atoms with Crippen LogP contribution in [0.25, 0.3) is 0 Å². The number of hydrogen-bond acceptors (Lipinski definition) is 4. The summed E-state index contributed by atoms with van der Waals surface area (Å²) >= 11 is 0. The van der Waals surface area contributed by atoms with Crippen LogP contribution in [-0.2, 0) is 9.16 Å². The molecule has 0 saturated heterocycles. The molecule has 0 aromatic carbocycles. The monoisotopic (exact) mass is 513 g/mol. The fourth-order valence-electron chi connectivity index (χ4n) is 3.62. The zero-order chi connectivity index (χ0) is 27.0. The third-order valence-electron chi connectivity index (χ3n) is 6.83. The van der Waals surface area contributed by atoms with Crippen LogP contribution in [0, 0.1) is 0 Å². The molecule has 0 unspecified atom stereocenters. The van der Waals surface area contributed by atoms with Crippen molar-refractivity contribution in [2.24, 2.45) is 0 Å². The molecule has 35 heavy (non-hydrogen) atoms. The van der Waals surface area contributed by atoms with Gasteiger partial charge in [-0.05, 0) is 51.7 Å². The number of aliphatic hydroxyl groups excluding tert-OH is 1. The summed E-state index contributed by atoms with van der Waals surface area (Å²) in [4.78, 5) is 12.4. The number of ether oxygens (including phenoxy) is 1. The first-order valence-corrected chi connectivity index (χ1v) is 17.1. The van der Waals surface area contributed by atoms with E-state index in [4.69, 9.17) is 9.16 Å². The highest BCUT2D eigenvalue weighted by Gasteiger charge is 2.40. The minimum absolute atomic E-state index is 0.0288. The van der Waals surface area contributed by atoms with Crippen LogP contribution in [0.15, 0.2) is 12.2 Å². The van der Waals surface area contributed by atoms with E-state index in [1.807, 2.05) is 26.8 Å². The van der Waals surface area contributed by atoms with Gasteiger partial charge >= 0.3 is 6.09 Å². The zero-order valence-electron chi connectivity index (χ0n) is 24.7. The van der Waals surface area contributed by atoms with Gasteiger partial charge in [0.1, 0.15) is 5.60 Å². The van der Waals surface area contributed by atoms with E-state index in [9.17, 15) is 9.90 Å². The lowest BCUT2D eigenvalue weighted by atomic mass is 10.0. The first kappa shape index (κ1) is 34.1. The van der Waals surface area contributed by atoms with Crippen molar-refractivity contribution in [2.75, 3.05) is 6.61 Å². The number of carbonyl (C=O) groups excluding carboxylic acids is 1. The number of carbonyl (C=O) groups is 1.